The standard InChI is InChI=1S/C31H42F2/c1-3-5-7-9-10-22-12-13-25-21-26(15-14-24(25)18-22)28-17-16-27-19-23(11-8-6-4-2)20-29(32)30(27)31(28)33/h4,6,16-17,19-20,22,24-26H,3,5,7-15,18,21H2,1-2H3. The molecule has 180 valence electrons. The third-order valence-electron chi connectivity index (χ3n) is 8.56. The van der Waals surface area contributed by atoms with Crippen LogP contribution in [0.25, 0.3) is 10.8 Å². The van der Waals surface area contributed by atoms with Crippen LogP contribution in [0.4, 0.5) is 8.78 Å². The fourth-order valence-electron chi connectivity index (χ4n) is 6.71. The van der Waals surface area contributed by atoms with Crippen molar-refractivity contribution in [2.75, 3.05) is 0 Å². The minimum absolute atomic E-state index is 0.195. The number of hydrogen-bond donors (Lipinski definition) is 0. The highest BCUT2D eigenvalue weighted by atomic mass is 19.1. The lowest BCUT2D eigenvalue weighted by Crippen LogP contribution is -2.30. The van der Waals surface area contributed by atoms with E-state index >= 15 is 4.39 Å². The summed E-state index contributed by atoms with van der Waals surface area (Å²) in [6.07, 6.45) is 20.0. The molecule has 0 aromatic heterocycles. The first-order valence-corrected chi connectivity index (χ1v) is 13.6. The molecule has 2 aromatic rings. The molecule has 2 aliphatic carbocycles. The van der Waals surface area contributed by atoms with E-state index in [2.05, 4.69) is 13.0 Å². The first-order valence-electron chi connectivity index (χ1n) is 13.6. The molecule has 4 unspecified atom stereocenters. The van der Waals surface area contributed by atoms with Gasteiger partial charge in [0.25, 0.3) is 0 Å². The smallest absolute Gasteiger partial charge is 0.137 e. The average molecular weight is 453 g/mol. The van der Waals surface area contributed by atoms with Gasteiger partial charge in [0.2, 0.25) is 0 Å². The Morgan fingerprint density at radius 3 is 2.58 bits per heavy atom. The zero-order valence-corrected chi connectivity index (χ0v) is 20.7. The lowest BCUT2D eigenvalue weighted by molar-refractivity contribution is 0.112. The first-order chi connectivity index (χ1) is 16.1. The largest absolute Gasteiger partial charge is 0.206 e. The Hall–Kier alpha value is -1.70. The predicted molar refractivity (Wildman–Crippen MR) is 137 cm³/mol. The molecule has 0 spiro atoms. The van der Waals surface area contributed by atoms with Gasteiger partial charge in [-0.2, -0.15) is 0 Å². The van der Waals surface area contributed by atoms with Crippen molar-refractivity contribution in [3.63, 3.8) is 0 Å². The van der Waals surface area contributed by atoms with Gasteiger partial charge in [-0.15, -0.1) is 0 Å². The molecule has 2 aliphatic rings. The zero-order valence-electron chi connectivity index (χ0n) is 20.7. The van der Waals surface area contributed by atoms with E-state index < -0.39 is 5.82 Å². The third kappa shape index (κ3) is 5.87. The summed E-state index contributed by atoms with van der Waals surface area (Å²) < 4.78 is 30.6. The highest BCUT2D eigenvalue weighted by Gasteiger charge is 2.36. The van der Waals surface area contributed by atoms with E-state index in [0.29, 0.717) is 5.39 Å². The molecular weight excluding hydrogens is 410 g/mol. The molecule has 4 rings (SSSR count). The Morgan fingerprint density at radius 2 is 1.76 bits per heavy atom. The third-order valence-corrected chi connectivity index (χ3v) is 8.56. The van der Waals surface area contributed by atoms with Gasteiger partial charge < -0.3 is 0 Å². The number of rotatable bonds is 9. The maximum atomic E-state index is 15.6. The number of benzene rings is 2. The first kappa shape index (κ1) is 24.4. The fourth-order valence-corrected chi connectivity index (χ4v) is 6.71. The minimum atomic E-state index is -0.403. The van der Waals surface area contributed by atoms with E-state index in [1.807, 2.05) is 31.2 Å². The van der Waals surface area contributed by atoms with Crippen LogP contribution in [0.5, 0.6) is 0 Å². The van der Waals surface area contributed by atoms with E-state index in [1.165, 1.54) is 63.9 Å². The van der Waals surface area contributed by atoms with Crippen LogP contribution in [0.3, 0.4) is 0 Å². The van der Waals surface area contributed by atoms with Crippen LogP contribution in [0.1, 0.15) is 108 Å². The Bertz CT molecular complexity index is 944. The van der Waals surface area contributed by atoms with E-state index in [-0.39, 0.29) is 17.1 Å². The molecule has 2 fully saturated rings. The van der Waals surface area contributed by atoms with Crippen LogP contribution in [-0.4, -0.2) is 0 Å². The van der Waals surface area contributed by atoms with Crippen molar-refractivity contribution in [1.29, 1.82) is 0 Å². The normalized spacial score (nSPS) is 25.6. The Labute approximate surface area is 199 Å². The van der Waals surface area contributed by atoms with Gasteiger partial charge in [-0.3, -0.25) is 0 Å². The summed E-state index contributed by atoms with van der Waals surface area (Å²) in [6.45, 7) is 4.27. The summed E-state index contributed by atoms with van der Waals surface area (Å²) in [7, 11) is 0. The van der Waals surface area contributed by atoms with Crippen LogP contribution in [0.2, 0.25) is 0 Å². The van der Waals surface area contributed by atoms with Crippen molar-refractivity contribution in [3.8, 4) is 0 Å². The molecule has 0 radical (unpaired) electrons. The lowest BCUT2D eigenvalue weighted by Gasteiger charge is -2.42. The van der Waals surface area contributed by atoms with E-state index in [9.17, 15) is 4.39 Å². The van der Waals surface area contributed by atoms with Crippen LogP contribution in [-0.2, 0) is 6.42 Å². The number of hydrogen-bond acceptors (Lipinski definition) is 0. The molecule has 0 saturated heterocycles. The molecule has 2 saturated carbocycles. The van der Waals surface area contributed by atoms with Crippen LogP contribution in [0.15, 0.2) is 36.4 Å². The molecular formula is C31H42F2. The van der Waals surface area contributed by atoms with Crippen LogP contribution in [0, 0.1) is 29.4 Å². The fraction of sp³-hybridized carbons (Fsp3) is 0.613. The van der Waals surface area contributed by atoms with Gasteiger partial charge in [0.1, 0.15) is 11.6 Å². The molecule has 4 atom stereocenters. The van der Waals surface area contributed by atoms with Gasteiger partial charge in [0.15, 0.2) is 0 Å². The minimum Gasteiger partial charge on any atom is -0.206 e. The molecule has 0 bridgehead atoms. The van der Waals surface area contributed by atoms with Gasteiger partial charge >= 0.3 is 0 Å². The van der Waals surface area contributed by atoms with Gasteiger partial charge in [-0.05, 0) is 98.1 Å². The van der Waals surface area contributed by atoms with Crippen molar-refractivity contribution in [2.45, 2.75) is 103 Å². The molecule has 0 heterocycles. The average Bonchev–Trinajstić information content (AvgIpc) is 2.82. The van der Waals surface area contributed by atoms with Crippen molar-refractivity contribution in [1.82, 2.24) is 0 Å². The van der Waals surface area contributed by atoms with Crippen LogP contribution < -0.4 is 0 Å². The summed E-state index contributed by atoms with van der Waals surface area (Å²) in [4.78, 5) is 0. The summed E-state index contributed by atoms with van der Waals surface area (Å²) in [6, 6.07) is 7.41. The summed E-state index contributed by atoms with van der Waals surface area (Å²) in [5, 5.41) is 0.893. The number of allylic oxidation sites excluding steroid dienone is 2. The number of aryl methyl sites for hydroxylation is 1. The monoisotopic (exact) mass is 452 g/mol. The van der Waals surface area contributed by atoms with Crippen LogP contribution >= 0.6 is 0 Å². The number of halogens is 2. The van der Waals surface area contributed by atoms with Crippen molar-refractivity contribution in [3.05, 3.63) is 59.2 Å². The molecule has 0 amide bonds. The quantitative estimate of drug-likeness (QED) is 0.262. The van der Waals surface area contributed by atoms with E-state index in [0.717, 1.165) is 54.6 Å². The molecule has 2 heteroatoms. The van der Waals surface area contributed by atoms with Crippen molar-refractivity contribution >= 4 is 10.8 Å². The maximum absolute atomic E-state index is 15.6. The molecule has 33 heavy (non-hydrogen) atoms. The molecule has 0 aliphatic heterocycles. The lowest BCUT2D eigenvalue weighted by atomic mass is 9.63. The Kier molecular flexibility index (Phi) is 8.61. The highest BCUT2D eigenvalue weighted by molar-refractivity contribution is 5.85. The van der Waals surface area contributed by atoms with E-state index in [4.69, 9.17) is 0 Å². The summed E-state index contributed by atoms with van der Waals surface area (Å²) in [5.41, 5.74) is 1.69. The Morgan fingerprint density at radius 1 is 0.939 bits per heavy atom. The van der Waals surface area contributed by atoms with Crippen molar-refractivity contribution < 1.29 is 8.78 Å². The number of fused-ring (bicyclic) bond motifs is 2. The van der Waals surface area contributed by atoms with Gasteiger partial charge in [0, 0.05) is 0 Å². The highest BCUT2D eigenvalue weighted by Crippen LogP contribution is 2.49. The van der Waals surface area contributed by atoms with Crippen molar-refractivity contribution in [2.24, 2.45) is 17.8 Å². The van der Waals surface area contributed by atoms with Gasteiger partial charge in [-0.25, -0.2) is 8.78 Å². The predicted octanol–water partition coefficient (Wildman–Crippen LogP) is 9.90. The molecule has 0 nitrogen and oxygen atoms in total. The second-order valence-corrected chi connectivity index (χ2v) is 10.8. The molecule has 2 aromatic carbocycles. The second kappa shape index (κ2) is 11.6. The zero-order chi connectivity index (χ0) is 23.2. The second-order valence-electron chi connectivity index (χ2n) is 10.8. The Balaban J connectivity index is 1.42. The summed E-state index contributed by atoms with van der Waals surface area (Å²) >= 11 is 0. The van der Waals surface area contributed by atoms with Gasteiger partial charge in [-0.1, -0.05) is 75.8 Å². The van der Waals surface area contributed by atoms with E-state index in [1.54, 1.807) is 0 Å². The summed E-state index contributed by atoms with van der Waals surface area (Å²) in [5.74, 6) is 1.99. The van der Waals surface area contributed by atoms with Gasteiger partial charge in [0.05, 0.1) is 5.39 Å². The maximum Gasteiger partial charge on any atom is 0.137 e. The SMILES string of the molecule is CC=CCCc1cc(F)c2c(F)c(C3CCC4CC(CCCCCC)CCC4C3)ccc2c1. The number of unbranched alkanes of at least 4 members (excludes halogenated alkanes) is 3. The topological polar surface area (TPSA) is 0 Å². The molecule has 0 N–H and O–H groups in total.